The average molecular weight is 283 g/mol. The molecule has 0 radical (unpaired) electrons. The fourth-order valence-electron chi connectivity index (χ4n) is 1.36. The van der Waals surface area contributed by atoms with Crippen LogP contribution in [0.15, 0.2) is 18.2 Å². The Hall–Kier alpha value is -1.76. The van der Waals surface area contributed by atoms with Crippen molar-refractivity contribution in [3.05, 3.63) is 33.9 Å². The normalized spacial score (nSPS) is 11.1. The van der Waals surface area contributed by atoms with Gasteiger partial charge < -0.3 is 11.1 Å². The van der Waals surface area contributed by atoms with Gasteiger partial charge in [-0.3, -0.25) is 14.9 Å². The second-order valence-corrected chi connectivity index (χ2v) is 6.19. The van der Waals surface area contributed by atoms with Crippen LogP contribution in [0.4, 0.5) is 11.4 Å². The summed E-state index contributed by atoms with van der Waals surface area (Å²) < 4.78 is -0.134. The Morgan fingerprint density at radius 3 is 2.68 bits per heavy atom. The van der Waals surface area contributed by atoms with Crippen molar-refractivity contribution in [1.82, 2.24) is 5.32 Å². The first kappa shape index (κ1) is 15.3. The summed E-state index contributed by atoms with van der Waals surface area (Å²) in [6, 6.07) is 3.96. The highest BCUT2D eigenvalue weighted by Crippen LogP contribution is 2.23. The second-order valence-electron chi connectivity index (χ2n) is 4.68. The highest BCUT2D eigenvalue weighted by molar-refractivity contribution is 7.99. The number of nitro groups is 1. The van der Waals surface area contributed by atoms with E-state index in [1.165, 1.54) is 18.2 Å². The number of nitrogens with one attached hydrogen (secondary N) is 1. The number of carbonyl (C=O) groups excluding carboxylic acids is 1. The Bertz CT molecular complexity index is 503. The highest BCUT2D eigenvalue weighted by Gasteiger charge is 2.23. The lowest BCUT2D eigenvalue weighted by molar-refractivity contribution is -0.385. The number of nitrogens with two attached hydrogens (primary N) is 1. The number of carbonyl (C=O) groups is 1. The van der Waals surface area contributed by atoms with E-state index in [-0.39, 0.29) is 16.0 Å². The van der Waals surface area contributed by atoms with Crippen LogP contribution < -0.4 is 11.1 Å². The molecule has 6 nitrogen and oxygen atoms in total. The zero-order valence-electron chi connectivity index (χ0n) is 11.1. The number of amides is 1. The Morgan fingerprint density at radius 1 is 1.53 bits per heavy atom. The van der Waals surface area contributed by atoms with Gasteiger partial charge in [0.05, 0.1) is 4.92 Å². The SMILES string of the molecule is CSC(C)(C)CNC(=O)c1cc(N)ccc1[N+](=O)[O-]. The molecular weight excluding hydrogens is 266 g/mol. The van der Waals surface area contributed by atoms with Crippen molar-refractivity contribution in [2.75, 3.05) is 18.5 Å². The van der Waals surface area contributed by atoms with E-state index < -0.39 is 10.8 Å². The van der Waals surface area contributed by atoms with Crippen LogP contribution in [0.2, 0.25) is 0 Å². The van der Waals surface area contributed by atoms with Crippen LogP contribution in [0.3, 0.4) is 0 Å². The van der Waals surface area contributed by atoms with Gasteiger partial charge in [0.1, 0.15) is 5.56 Å². The van der Waals surface area contributed by atoms with Gasteiger partial charge in [-0.25, -0.2) is 0 Å². The molecule has 0 heterocycles. The number of anilines is 1. The number of hydrogen-bond donors (Lipinski definition) is 2. The minimum Gasteiger partial charge on any atom is -0.399 e. The predicted octanol–water partition coefficient (Wildman–Crippen LogP) is 2.05. The van der Waals surface area contributed by atoms with E-state index >= 15 is 0 Å². The van der Waals surface area contributed by atoms with Crippen molar-refractivity contribution < 1.29 is 9.72 Å². The molecule has 0 aromatic heterocycles. The van der Waals surface area contributed by atoms with Crippen molar-refractivity contribution in [1.29, 1.82) is 0 Å². The molecule has 0 aliphatic carbocycles. The maximum absolute atomic E-state index is 12.0. The zero-order chi connectivity index (χ0) is 14.6. The number of thioether (sulfide) groups is 1. The van der Waals surface area contributed by atoms with E-state index in [1.807, 2.05) is 20.1 Å². The van der Waals surface area contributed by atoms with E-state index in [0.717, 1.165) is 0 Å². The highest BCUT2D eigenvalue weighted by atomic mass is 32.2. The van der Waals surface area contributed by atoms with Gasteiger partial charge in [-0.05, 0) is 32.2 Å². The maximum Gasteiger partial charge on any atom is 0.282 e. The maximum atomic E-state index is 12.0. The number of nitrogens with zero attached hydrogens (tertiary/aromatic N) is 1. The van der Waals surface area contributed by atoms with Crippen LogP contribution in [0.25, 0.3) is 0 Å². The summed E-state index contributed by atoms with van der Waals surface area (Å²) >= 11 is 1.60. The topological polar surface area (TPSA) is 98.3 Å². The first-order chi connectivity index (χ1) is 8.76. The molecule has 0 saturated heterocycles. The lowest BCUT2D eigenvalue weighted by Gasteiger charge is -2.22. The average Bonchev–Trinajstić information content (AvgIpc) is 2.35. The van der Waals surface area contributed by atoms with Crippen LogP contribution in [0, 0.1) is 10.1 Å². The van der Waals surface area contributed by atoms with E-state index in [2.05, 4.69) is 5.32 Å². The molecule has 19 heavy (non-hydrogen) atoms. The number of benzene rings is 1. The summed E-state index contributed by atoms with van der Waals surface area (Å²) in [5, 5.41) is 13.6. The van der Waals surface area contributed by atoms with Crippen LogP contribution >= 0.6 is 11.8 Å². The zero-order valence-corrected chi connectivity index (χ0v) is 11.9. The minimum atomic E-state index is -0.589. The summed E-state index contributed by atoms with van der Waals surface area (Å²) in [7, 11) is 0. The molecule has 1 aromatic rings. The molecular formula is C12H17N3O3S. The summed E-state index contributed by atoms with van der Waals surface area (Å²) in [6.45, 7) is 4.37. The third kappa shape index (κ3) is 4.13. The summed E-state index contributed by atoms with van der Waals surface area (Å²) in [5.74, 6) is -0.485. The quantitative estimate of drug-likeness (QED) is 0.489. The van der Waals surface area contributed by atoms with Gasteiger partial charge in [-0.15, -0.1) is 0 Å². The number of rotatable bonds is 5. The Morgan fingerprint density at radius 2 is 2.16 bits per heavy atom. The van der Waals surface area contributed by atoms with Crippen LogP contribution in [-0.2, 0) is 0 Å². The number of nitro benzene ring substituents is 1. The standard InChI is InChI=1S/C12H17N3O3S/c1-12(2,19-3)7-14-11(16)9-6-8(13)4-5-10(9)15(17)18/h4-6H,7,13H2,1-3H3,(H,14,16). The smallest absolute Gasteiger partial charge is 0.282 e. The first-order valence-corrected chi connectivity index (χ1v) is 6.86. The third-order valence-corrected chi connectivity index (χ3v) is 3.94. The molecule has 7 heteroatoms. The summed E-state index contributed by atoms with van der Waals surface area (Å²) in [4.78, 5) is 22.3. The molecule has 0 unspecified atom stereocenters. The number of nitrogen functional groups attached to an aromatic ring is 1. The largest absolute Gasteiger partial charge is 0.399 e. The van der Waals surface area contributed by atoms with Gasteiger partial charge in [0.2, 0.25) is 0 Å². The van der Waals surface area contributed by atoms with Gasteiger partial charge in [0.15, 0.2) is 0 Å². The first-order valence-electron chi connectivity index (χ1n) is 5.64. The molecule has 1 amide bonds. The molecule has 1 rings (SSSR count). The Kier molecular flexibility index (Phi) is 4.77. The lowest BCUT2D eigenvalue weighted by Crippen LogP contribution is -2.36. The summed E-state index contributed by atoms with van der Waals surface area (Å²) in [6.07, 6.45) is 1.94. The molecule has 0 spiro atoms. The molecule has 3 N–H and O–H groups in total. The second kappa shape index (κ2) is 5.92. The molecule has 0 atom stereocenters. The lowest BCUT2D eigenvalue weighted by atomic mass is 10.1. The van der Waals surface area contributed by atoms with E-state index in [9.17, 15) is 14.9 Å². The van der Waals surface area contributed by atoms with Gasteiger partial charge in [-0.1, -0.05) is 0 Å². The molecule has 0 saturated carbocycles. The van der Waals surface area contributed by atoms with E-state index in [1.54, 1.807) is 11.8 Å². The van der Waals surface area contributed by atoms with Crippen molar-refractivity contribution >= 4 is 29.0 Å². The molecule has 0 fully saturated rings. The van der Waals surface area contributed by atoms with Crippen LogP contribution in [-0.4, -0.2) is 28.4 Å². The minimum absolute atomic E-state index is 0.0121. The fraction of sp³-hybridized carbons (Fsp3) is 0.417. The third-order valence-electron chi connectivity index (χ3n) is 2.69. The van der Waals surface area contributed by atoms with E-state index in [0.29, 0.717) is 12.2 Å². The number of hydrogen-bond acceptors (Lipinski definition) is 5. The van der Waals surface area contributed by atoms with Crippen molar-refractivity contribution in [2.45, 2.75) is 18.6 Å². The van der Waals surface area contributed by atoms with Crippen molar-refractivity contribution in [2.24, 2.45) is 0 Å². The van der Waals surface area contributed by atoms with Crippen molar-refractivity contribution in [3.8, 4) is 0 Å². The van der Waals surface area contributed by atoms with Gasteiger partial charge >= 0.3 is 0 Å². The predicted molar refractivity (Wildman–Crippen MR) is 77.4 cm³/mol. The molecule has 0 aliphatic heterocycles. The van der Waals surface area contributed by atoms with Crippen LogP contribution in [0.1, 0.15) is 24.2 Å². The Balaban J connectivity index is 2.93. The fourth-order valence-corrected chi connectivity index (χ4v) is 1.57. The molecule has 0 bridgehead atoms. The van der Waals surface area contributed by atoms with Crippen molar-refractivity contribution in [3.63, 3.8) is 0 Å². The molecule has 0 aliphatic rings. The molecule has 1 aromatic carbocycles. The van der Waals surface area contributed by atoms with Gasteiger partial charge in [0, 0.05) is 23.0 Å². The van der Waals surface area contributed by atoms with Crippen LogP contribution in [0.5, 0.6) is 0 Å². The van der Waals surface area contributed by atoms with E-state index in [4.69, 9.17) is 5.73 Å². The van der Waals surface area contributed by atoms with Gasteiger partial charge in [0.25, 0.3) is 11.6 Å². The molecule has 104 valence electrons. The monoisotopic (exact) mass is 283 g/mol. The van der Waals surface area contributed by atoms with Gasteiger partial charge in [-0.2, -0.15) is 11.8 Å². The Labute approximate surface area is 115 Å². The summed E-state index contributed by atoms with van der Waals surface area (Å²) in [5.41, 5.74) is 5.63.